The minimum atomic E-state index is -1.09. The summed E-state index contributed by atoms with van der Waals surface area (Å²) in [5.41, 5.74) is 6.28. The number of pyridine rings is 1. The van der Waals surface area contributed by atoms with Crippen LogP contribution >= 0.6 is 0 Å². The van der Waals surface area contributed by atoms with Crippen LogP contribution < -0.4 is 20.7 Å². The van der Waals surface area contributed by atoms with E-state index in [-0.39, 0.29) is 30.0 Å². The molecular weight excluding hydrogens is 320 g/mol. The standard InChI is InChI=1S/C18H20N4O3/c1-11-6-4-5-7-12(11)20-15(23)10-22-16-13(8-9-14(19)21-16)25-18(2,3)17(22)24/h4-9H,10H2,1-3H3,(H2,19,21)(H,20,23). The molecule has 2 amide bonds. The van der Waals surface area contributed by atoms with Crippen LogP contribution in [0.25, 0.3) is 0 Å². The van der Waals surface area contributed by atoms with Crippen LogP contribution in [0.5, 0.6) is 5.75 Å². The summed E-state index contributed by atoms with van der Waals surface area (Å²) in [5, 5.41) is 2.82. The number of ether oxygens (including phenoxy) is 1. The molecule has 1 aromatic carbocycles. The lowest BCUT2D eigenvalue weighted by molar-refractivity contribution is -0.133. The molecule has 0 radical (unpaired) electrons. The van der Waals surface area contributed by atoms with E-state index in [4.69, 9.17) is 10.5 Å². The molecule has 0 aliphatic carbocycles. The van der Waals surface area contributed by atoms with Crippen molar-refractivity contribution >= 4 is 29.1 Å². The number of benzene rings is 1. The van der Waals surface area contributed by atoms with Crippen molar-refractivity contribution in [2.24, 2.45) is 0 Å². The minimum absolute atomic E-state index is 0.177. The fourth-order valence-electron chi connectivity index (χ4n) is 2.66. The Balaban J connectivity index is 1.88. The van der Waals surface area contributed by atoms with E-state index in [1.54, 1.807) is 26.0 Å². The van der Waals surface area contributed by atoms with E-state index in [2.05, 4.69) is 10.3 Å². The largest absolute Gasteiger partial charge is 0.474 e. The number of rotatable bonds is 3. The van der Waals surface area contributed by atoms with Gasteiger partial charge in [-0.15, -0.1) is 0 Å². The molecule has 130 valence electrons. The summed E-state index contributed by atoms with van der Waals surface area (Å²) in [5.74, 6) is 0.250. The highest BCUT2D eigenvalue weighted by Gasteiger charge is 2.42. The molecule has 7 heteroatoms. The number of nitrogens with one attached hydrogen (secondary N) is 1. The number of nitrogens with two attached hydrogens (primary N) is 1. The number of amides is 2. The first-order valence-corrected chi connectivity index (χ1v) is 7.91. The van der Waals surface area contributed by atoms with Crippen LogP contribution in [-0.4, -0.2) is 28.9 Å². The van der Waals surface area contributed by atoms with Gasteiger partial charge in [-0.2, -0.15) is 0 Å². The maximum absolute atomic E-state index is 12.7. The van der Waals surface area contributed by atoms with Crippen LogP contribution in [0.15, 0.2) is 36.4 Å². The first-order chi connectivity index (χ1) is 11.8. The Morgan fingerprint density at radius 1 is 1.28 bits per heavy atom. The first kappa shape index (κ1) is 16.8. The van der Waals surface area contributed by atoms with Gasteiger partial charge in [-0.1, -0.05) is 18.2 Å². The molecule has 1 aromatic heterocycles. The van der Waals surface area contributed by atoms with Gasteiger partial charge in [-0.05, 0) is 44.5 Å². The van der Waals surface area contributed by atoms with Crippen molar-refractivity contribution in [1.82, 2.24) is 4.98 Å². The van der Waals surface area contributed by atoms with Crippen LogP contribution in [0.2, 0.25) is 0 Å². The predicted molar refractivity (Wildman–Crippen MR) is 95.5 cm³/mol. The number of carbonyl (C=O) groups excluding carboxylic acids is 2. The molecule has 3 N–H and O–H groups in total. The molecule has 7 nitrogen and oxygen atoms in total. The molecule has 1 aliphatic heterocycles. The lowest BCUT2D eigenvalue weighted by Gasteiger charge is -2.37. The molecule has 0 fully saturated rings. The van der Waals surface area contributed by atoms with Crippen LogP contribution in [-0.2, 0) is 9.59 Å². The second-order valence-corrected chi connectivity index (χ2v) is 6.42. The van der Waals surface area contributed by atoms with Gasteiger partial charge in [0.2, 0.25) is 5.91 Å². The normalized spacial score (nSPS) is 15.3. The van der Waals surface area contributed by atoms with E-state index in [1.165, 1.54) is 4.90 Å². The van der Waals surface area contributed by atoms with E-state index >= 15 is 0 Å². The smallest absolute Gasteiger partial charge is 0.272 e. The van der Waals surface area contributed by atoms with Crippen LogP contribution in [0.4, 0.5) is 17.3 Å². The molecule has 0 unspecified atom stereocenters. The van der Waals surface area contributed by atoms with Gasteiger partial charge in [0.05, 0.1) is 0 Å². The average molecular weight is 340 g/mol. The van der Waals surface area contributed by atoms with Crippen molar-refractivity contribution < 1.29 is 14.3 Å². The molecule has 0 atom stereocenters. The Bertz CT molecular complexity index is 848. The number of aromatic nitrogens is 1. The highest BCUT2D eigenvalue weighted by molar-refractivity contribution is 6.07. The van der Waals surface area contributed by atoms with E-state index in [0.717, 1.165) is 5.56 Å². The van der Waals surface area contributed by atoms with Gasteiger partial charge in [0, 0.05) is 5.69 Å². The lowest BCUT2D eigenvalue weighted by atomic mass is 10.1. The van der Waals surface area contributed by atoms with E-state index in [9.17, 15) is 9.59 Å². The van der Waals surface area contributed by atoms with Gasteiger partial charge < -0.3 is 15.8 Å². The van der Waals surface area contributed by atoms with Crippen molar-refractivity contribution in [3.63, 3.8) is 0 Å². The fraction of sp³-hybridized carbons (Fsp3) is 0.278. The zero-order valence-corrected chi connectivity index (χ0v) is 14.4. The Morgan fingerprint density at radius 3 is 2.72 bits per heavy atom. The number of nitrogens with zero attached hydrogens (tertiary/aromatic N) is 2. The quantitative estimate of drug-likeness (QED) is 0.892. The molecule has 0 bridgehead atoms. The number of carbonyl (C=O) groups is 2. The Morgan fingerprint density at radius 2 is 2.00 bits per heavy atom. The molecule has 2 heterocycles. The van der Waals surface area contributed by atoms with Crippen molar-refractivity contribution in [3.05, 3.63) is 42.0 Å². The van der Waals surface area contributed by atoms with Crippen LogP contribution in [0, 0.1) is 6.92 Å². The second-order valence-electron chi connectivity index (χ2n) is 6.42. The zero-order valence-electron chi connectivity index (χ0n) is 14.4. The first-order valence-electron chi connectivity index (χ1n) is 7.91. The van der Waals surface area contributed by atoms with Crippen molar-refractivity contribution in [2.75, 3.05) is 22.5 Å². The van der Waals surface area contributed by atoms with Crippen LogP contribution in [0.3, 0.4) is 0 Å². The topological polar surface area (TPSA) is 97.5 Å². The Kier molecular flexibility index (Phi) is 4.08. The number of anilines is 3. The molecule has 2 aromatic rings. The minimum Gasteiger partial charge on any atom is -0.474 e. The third kappa shape index (κ3) is 3.26. The van der Waals surface area contributed by atoms with E-state index in [0.29, 0.717) is 11.4 Å². The third-order valence-electron chi connectivity index (χ3n) is 3.96. The molecule has 25 heavy (non-hydrogen) atoms. The summed E-state index contributed by atoms with van der Waals surface area (Å²) in [7, 11) is 0. The van der Waals surface area contributed by atoms with Gasteiger partial charge in [0.1, 0.15) is 12.4 Å². The van der Waals surface area contributed by atoms with Gasteiger partial charge in [0.25, 0.3) is 5.91 Å². The maximum atomic E-state index is 12.7. The van der Waals surface area contributed by atoms with E-state index < -0.39 is 5.60 Å². The number of nitrogen functional groups attached to an aromatic ring is 1. The van der Waals surface area contributed by atoms with Gasteiger partial charge in [-0.3, -0.25) is 14.5 Å². The van der Waals surface area contributed by atoms with Gasteiger partial charge in [-0.25, -0.2) is 4.98 Å². The van der Waals surface area contributed by atoms with Crippen LogP contribution in [0.1, 0.15) is 19.4 Å². The number of fused-ring (bicyclic) bond motifs is 1. The Labute approximate surface area is 145 Å². The number of aryl methyl sites for hydroxylation is 1. The summed E-state index contributed by atoms with van der Waals surface area (Å²) in [6, 6.07) is 10.7. The molecule has 3 rings (SSSR count). The van der Waals surface area contributed by atoms with Crippen molar-refractivity contribution in [3.8, 4) is 5.75 Å². The van der Waals surface area contributed by atoms with Gasteiger partial charge >= 0.3 is 0 Å². The SMILES string of the molecule is Cc1ccccc1NC(=O)CN1C(=O)C(C)(C)Oc2ccc(N)nc21. The third-order valence-corrected chi connectivity index (χ3v) is 3.96. The summed E-state index contributed by atoms with van der Waals surface area (Å²) in [4.78, 5) is 30.7. The molecule has 0 spiro atoms. The van der Waals surface area contributed by atoms with Crippen molar-refractivity contribution in [2.45, 2.75) is 26.4 Å². The highest BCUT2D eigenvalue weighted by atomic mass is 16.5. The lowest BCUT2D eigenvalue weighted by Crippen LogP contribution is -2.54. The number of hydrogen-bond donors (Lipinski definition) is 2. The summed E-state index contributed by atoms with van der Waals surface area (Å²) in [6.07, 6.45) is 0. The van der Waals surface area contributed by atoms with Crippen molar-refractivity contribution in [1.29, 1.82) is 0 Å². The molecule has 0 saturated heterocycles. The highest BCUT2D eigenvalue weighted by Crippen LogP contribution is 2.36. The second kappa shape index (κ2) is 6.08. The maximum Gasteiger partial charge on any atom is 0.272 e. The zero-order chi connectivity index (χ0) is 18.2. The fourth-order valence-corrected chi connectivity index (χ4v) is 2.66. The summed E-state index contributed by atoms with van der Waals surface area (Å²) in [6.45, 7) is 5.03. The summed E-state index contributed by atoms with van der Waals surface area (Å²) < 4.78 is 5.69. The molecular formula is C18H20N4O3. The van der Waals surface area contributed by atoms with E-state index in [1.807, 2.05) is 31.2 Å². The average Bonchev–Trinajstić information content (AvgIpc) is 2.55. The monoisotopic (exact) mass is 340 g/mol. The molecule has 1 aliphatic rings. The predicted octanol–water partition coefficient (Wildman–Crippen LogP) is 2.11. The number of hydrogen-bond acceptors (Lipinski definition) is 5. The Hall–Kier alpha value is -3.09. The molecule has 0 saturated carbocycles. The van der Waals surface area contributed by atoms with Gasteiger partial charge in [0.15, 0.2) is 17.2 Å². The summed E-state index contributed by atoms with van der Waals surface area (Å²) >= 11 is 0. The number of para-hydroxylation sites is 1.